The van der Waals surface area contributed by atoms with E-state index in [1.54, 1.807) is 39.0 Å². The lowest BCUT2D eigenvalue weighted by atomic mass is 9.65. The maximum absolute atomic E-state index is 12.8. The maximum atomic E-state index is 12.8. The van der Waals surface area contributed by atoms with Crippen molar-refractivity contribution in [1.29, 1.82) is 0 Å². The highest BCUT2D eigenvalue weighted by Gasteiger charge is 2.40. The van der Waals surface area contributed by atoms with Crippen molar-refractivity contribution in [1.82, 2.24) is 0 Å². The van der Waals surface area contributed by atoms with Crippen LogP contribution in [-0.2, 0) is 20.4 Å². The zero-order valence-corrected chi connectivity index (χ0v) is 18.6. The first kappa shape index (κ1) is 23.2. The van der Waals surface area contributed by atoms with Crippen molar-refractivity contribution in [2.75, 3.05) is 5.32 Å². The smallest absolute Gasteiger partial charge is 0.227 e. The van der Waals surface area contributed by atoms with Gasteiger partial charge in [-0.05, 0) is 76.0 Å². The van der Waals surface area contributed by atoms with Crippen LogP contribution in [0.1, 0.15) is 58.4 Å². The molecule has 3 N–H and O–H groups in total. The number of hydrogen-bond donors (Lipinski definition) is 2. The second-order valence-corrected chi connectivity index (χ2v) is 12.0. The molecule has 2 saturated carbocycles. The Bertz CT molecular complexity index is 790. The monoisotopic (exact) mass is 428 g/mol. The molecule has 2 bridgehead atoms. The number of hydrogen-bond acceptors (Lipinski definition) is 4. The van der Waals surface area contributed by atoms with Crippen LogP contribution in [0.15, 0.2) is 24.3 Å². The van der Waals surface area contributed by atoms with Crippen molar-refractivity contribution in [2.45, 2.75) is 69.4 Å². The van der Waals surface area contributed by atoms with Gasteiger partial charge < -0.3 is 11.1 Å². The largest absolute Gasteiger partial charge is 0.327 e. The Balaban J connectivity index is 0.00000280. The highest BCUT2D eigenvalue weighted by molar-refractivity contribution is 7.91. The second kappa shape index (κ2) is 8.72. The SMILES string of the molecule is CC(C)(C)S(=O)(=O)Cc1cccc(NC(=O)C2CC3CCCC(C2)C3N)c1.Cl. The van der Waals surface area contributed by atoms with E-state index in [0.29, 0.717) is 23.1 Å². The first-order valence-corrected chi connectivity index (χ1v) is 11.6. The Morgan fingerprint density at radius 1 is 1.18 bits per heavy atom. The van der Waals surface area contributed by atoms with E-state index < -0.39 is 14.6 Å². The molecule has 2 fully saturated rings. The van der Waals surface area contributed by atoms with Gasteiger partial charge in [0.2, 0.25) is 5.91 Å². The van der Waals surface area contributed by atoms with Gasteiger partial charge in [-0.15, -0.1) is 12.4 Å². The van der Waals surface area contributed by atoms with Crippen LogP contribution in [0.4, 0.5) is 5.69 Å². The molecule has 2 atom stereocenters. The van der Waals surface area contributed by atoms with E-state index in [1.165, 1.54) is 6.42 Å². The van der Waals surface area contributed by atoms with Crippen LogP contribution in [0.25, 0.3) is 0 Å². The van der Waals surface area contributed by atoms with E-state index in [1.807, 2.05) is 6.07 Å². The summed E-state index contributed by atoms with van der Waals surface area (Å²) in [7, 11) is -3.26. The summed E-state index contributed by atoms with van der Waals surface area (Å²) in [6.45, 7) is 5.12. The average molecular weight is 429 g/mol. The van der Waals surface area contributed by atoms with Crippen LogP contribution in [0.5, 0.6) is 0 Å². The molecule has 3 rings (SSSR count). The zero-order chi connectivity index (χ0) is 19.8. The Hall–Kier alpha value is -1.11. The molecule has 0 heterocycles. The van der Waals surface area contributed by atoms with Crippen LogP contribution < -0.4 is 11.1 Å². The standard InChI is InChI=1S/C21H32N2O3S.ClH/c1-21(2,3)27(25,26)13-14-6-4-9-18(10-14)23-20(24)17-11-15-7-5-8-16(12-17)19(15)22;/h4,6,9-10,15-17,19H,5,7-8,11-13,22H2,1-3H3,(H,23,24);1H. The van der Waals surface area contributed by atoms with E-state index in [-0.39, 0.29) is 36.0 Å². The van der Waals surface area contributed by atoms with Gasteiger partial charge in [0.25, 0.3) is 0 Å². The first-order valence-electron chi connectivity index (χ1n) is 9.94. The van der Waals surface area contributed by atoms with Gasteiger partial charge in [-0.3, -0.25) is 4.79 Å². The van der Waals surface area contributed by atoms with Crippen LogP contribution in [0, 0.1) is 17.8 Å². The number of carbonyl (C=O) groups is 1. The van der Waals surface area contributed by atoms with Gasteiger partial charge in [-0.25, -0.2) is 8.42 Å². The third kappa shape index (κ3) is 5.08. The van der Waals surface area contributed by atoms with Gasteiger partial charge in [0.05, 0.1) is 10.5 Å². The summed E-state index contributed by atoms with van der Waals surface area (Å²) in [5.74, 6) is 0.924. The van der Waals surface area contributed by atoms with Crippen molar-refractivity contribution in [3.05, 3.63) is 29.8 Å². The van der Waals surface area contributed by atoms with Crippen molar-refractivity contribution in [3.8, 4) is 0 Å². The molecule has 7 heteroatoms. The highest BCUT2D eigenvalue weighted by atomic mass is 35.5. The summed E-state index contributed by atoms with van der Waals surface area (Å²) < 4.78 is 24.1. The Kier molecular flexibility index (Phi) is 7.22. The molecule has 2 aliphatic rings. The Labute approximate surface area is 175 Å². The molecule has 1 amide bonds. The van der Waals surface area contributed by atoms with Crippen molar-refractivity contribution < 1.29 is 13.2 Å². The topological polar surface area (TPSA) is 89.3 Å². The fraction of sp³-hybridized carbons (Fsp3) is 0.667. The Morgan fingerprint density at radius 2 is 1.79 bits per heavy atom. The number of anilines is 1. The molecule has 0 saturated heterocycles. The summed E-state index contributed by atoms with van der Waals surface area (Å²) in [6.07, 6.45) is 5.20. The normalized spacial score (nSPS) is 27.6. The van der Waals surface area contributed by atoms with Gasteiger partial charge in [-0.2, -0.15) is 0 Å². The highest BCUT2D eigenvalue weighted by Crippen LogP contribution is 2.42. The molecule has 1 aromatic carbocycles. The van der Waals surface area contributed by atoms with Crippen molar-refractivity contribution >= 4 is 33.8 Å². The summed E-state index contributed by atoms with van der Waals surface area (Å²) in [6, 6.07) is 7.43. The molecular formula is C21H33ClN2O3S. The van der Waals surface area contributed by atoms with E-state index in [2.05, 4.69) is 5.32 Å². The summed E-state index contributed by atoms with van der Waals surface area (Å²) >= 11 is 0. The molecule has 0 aliphatic heterocycles. The van der Waals surface area contributed by atoms with Crippen LogP contribution in [0.2, 0.25) is 0 Å². The number of nitrogens with one attached hydrogen (secondary N) is 1. The van der Waals surface area contributed by atoms with E-state index in [9.17, 15) is 13.2 Å². The predicted molar refractivity (Wildman–Crippen MR) is 116 cm³/mol. The molecule has 2 unspecified atom stereocenters. The Morgan fingerprint density at radius 3 is 2.36 bits per heavy atom. The van der Waals surface area contributed by atoms with Gasteiger partial charge in [0.1, 0.15) is 0 Å². The van der Waals surface area contributed by atoms with Gasteiger partial charge in [0, 0.05) is 17.6 Å². The van der Waals surface area contributed by atoms with E-state index in [4.69, 9.17) is 5.73 Å². The van der Waals surface area contributed by atoms with E-state index >= 15 is 0 Å². The molecule has 0 spiro atoms. The lowest BCUT2D eigenvalue weighted by Gasteiger charge is -2.43. The van der Waals surface area contributed by atoms with Crippen LogP contribution >= 0.6 is 12.4 Å². The molecule has 0 aromatic heterocycles. The minimum atomic E-state index is -3.26. The zero-order valence-electron chi connectivity index (χ0n) is 17.0. The lowest BCUT2D eigenvalue weighted by molar-refractivity contribution is -0.122. The number of nitrogens with two attached hydrogens (primary N) is 1. The number of carbonyl (C=O) groups excluding carboxylic acids is 1. The number of amides is 1. The molecule has 2 aliphatic carbocycles. The van der Waals surface area contributed by atoms with Gasteiger partial charge in [0.15, 0.2) is 9.84 Å². The predicted octanol–water partition coefficient (Wildman–Crippen LogP) is 3.91. The molecule has 1 aromatic rings. The maximum Gasteiger partial charge on any atom is 0.227 e. The van der Waals surface area contributed by atoms with Crippen LogP contribution in [0.3, 0.4) is 0 Å². The third-order valence-electron chi connectivity index (χ3n) is 6.27. The number of halogens is 1. The van der Waals surface area contributed by atoms with Gasteiger partial charge >= 0.3 is 0 Å². The minimum absolute atomic E-state index is 0. The molecule has 0 radical (unpaired) electrons. The number of fused-ring (bicyclic) bond motifs is 2. The fourth-order valence-corrected chi connectivity index (χ4v) is 5.47. The number of sulfone groups is 1. The van der Waals surface area contributed by atoms with E-state index in [0.717, 1.165) is 25.7 Å². The second-order valence-electron chi connectivity index (χ2n) is 9.26. The summed E-state index contributed by atoms with van der Waals surface area (Å²) in [5.41, 5.74) is 7.69. The number of rotatable bonds is 4. The molecule has 5 nitrogen and oxygen atoms in total. The molecule has 28 heavy (non-hydrogen) atoms. The van der Waals surface area contributed by atoms with Crippen molar-refractivity contribution in [2.24, 2.45) is 23.5 Å². The lowest BCUT2D eigenvalue weighted by Crippen LogP contribution is -2.48. The summed E-state index contributed by atoms with van der Waals surface area (Å²) in [4.78, 5) is 12.8. The average Bonchev–Trinajstić information content (AvgIpc) is 2.53. The third-order valence-corrected chi connectivity index (χ3v) is 8.85. The summed E-state index contributed by atoms with van der Waals surface area (Å²) in [5, 5.41) is 3.01. The quantitative estimate of drug-likeness (QED) is 0.760. The van der Waals surface area contributed by atoms with Gasteiger partial charge in [-0.1, -0.05) is 18.6 Å². The molecular weight excluding hydrogens is 396 g/mol. The van der Waals surface area contributed by atoms with Crippen LogP contribution in [-0.4, -0.2) is 25.1 Å². The minimum Gasteiger partial charge on any atom is -0.327 e. The first-order chi connectivity index (χ1) is 12.6. The van der Waals surface area contributed by atoms with Crippen molar-refractivity contribution in [3.63, 3.8) is 0 Å². The number of benzene rings is 1. The molecule has 158 valence electrons. The fourth-order valence-electron chi connectivity index (χ4n) is 4.42.